The SMILES string of the molecule is O=C1OC(CN2CCC(O)CC2)CC12CCN(c1ncnc3[nH]ccc13)CC2. The molecular weight excluding hydrogens is 358 g/mol. The van der Waals surface area contributed by atoms with Crippen molar-refractivity contribution in [1.82, 2.24) is 19.9 Å². The van der Waals surface area contributed by atoms with Gasteiger partial charge in [-0.3, -0.25) is 9.69 Å². The molecule has 3 aliphatic rings. The van der Waals surface area contributed by atoms with Crippen LogP contribution in [0, 0.1) is 5.41 Å². The number of anilines is 1. The van der Waals surface area contributed by atoms with E-state index >= 15 is 0 Å². The van der Waals surface area contributed by atoms with Crippen LogP contribution in [-0.2, 0) is 9.53 Å². The zero-order valence-electron chi connectivity index (χ0n) is 16.0. The fraction of sp³-hybridized carbons (Fsp3) is 0.650. The van der Waals surface area contributed by atoms with Gasteiger partial charge in [-0.15, -0.1) is 0 Å². The number of piperidine rings is 2. The molecule has 1 unspecified atom stereocenters. The van der Waals surface area contributed by atoms with Gasteiger partial charge < -0.3 is 19.7 Å². The smallest absolute Gasteiger partial charge is 0.312 e. The van der Waals surface area contributed by atoms with Gasteiger partial charge in [0.05, 0.1) is 16.9 Å². The molecule has 0 radical (unpaired) electrons. The van der Waals surface area contributed by atoms with Gasteiger partial charge in [0, 0.05) is 45.3 Å². The van der Waals surface area contributed by atoms with Crippen LogP contribution < -0.4 is 4.90 Å². The molecule has 1 atom stereocenters. The summed E-state index contributed by atoms with van der Waals surface area (Å²) >= 11 is 0. The maximum atomic E-state index is 12.7. The second-order valence-corrected chi connectivity index (χ2v) is 8.47. The lowest BCUT2D eigenvalue weighted by molar-refractivity contribution is -0.150. The van der Waals surface area contributed by atoms with Crippen molar-refractivity contribution < 1.29 is 14.6 Å². The normalized spacial score (nSPS) is 26.2. The number of aromatic amines is 1. The van der Waals surface area contributed by atoms with E-state index in [0.717, 1.165) is 81.7 Å². The summed E-state index contributed by atoms with van der Waals surface area (Å²) in [5, 5.41) is 10.7. The van der Waals surface area contributed by atoms with Crippen molar-refractivity contribution in [2.75, 3.05) is 37.6 Å². The number of hydrogen-bond donors (Lipinski definition) is 2. The Hall–Kier alpha value is -2.19. The van der Waals surface area contributed by atoms with E-state index in [1.165, 1.54) is 0 Å². The van der Waals surface area contributed by atoms with Crippen molar-refractivity contribution in [1.29, 1.82) is 0 Å². The van der Waals surface area contributed by atoms with Gasteiger partial charge >= 0.3 is 5.97 Å². The summed E-state index contributed by atoms with van der Waals surface area (Å²) in [5.41, 5.74) is 0.498. The Morgan fingerprint density at radius 3 is 2.79 bits per heavy atom. The van der Waals surface area contributed by atoms with Gasteiger partial charge in [-0.25, -0.2) is 9.97 Å². The average Bonchev–Trinajstić information content (AvgIpc) is 3.29. The Morgan fingerprint density at radius 1 is 1.21 bits per heavy atom. The van der Waals surface area contributed by atoms with Gasteiger partial charge in [-0.1, -0.05) is 0 Å². The van der Waals surface area contributed by atoms with Gasteiger partial charge in [-0.05, 0) is 31.7 Å². The maximum absolute atomic E-state index is 12.7. The number of aliphatic hydroxyl groups is 1. The highest BCUT2D eigenvalue weighted by Crippen LogP contribution is 2.44. The Morgan fingerprint density at radius 2 is 2.00 bits per heavy atom. The number of likely N-dealkylation sites (tertiary alicyclic amines) is 1. The molecule has 5 rings (SSSR count). The number of rotatable bonds is 3. The third-order valence-corrected chi connectivity index (χ3v) is 6.70. The predicted octanol–water partition coefficient (Wildman–Crippen LogP) is 1.32. The fourth-order valence-corrected chi connectivity index (χ4v) is 4.99. The number of cyclic esters (lactones) is 1. The molecule has 0 aromatic carbocycles. The van der Waals surface area contributed by atoms with E-state index in [-0.39, 0.29) is 23.6 Å². The summed E-state index contributed by atoms with van der Waals surface area (Å²) in [4.78, 5) is 29.2. The zero-order chi connectivity index (χ0) is 19.1. The molecule has 2 aromatic rings. The largest absolute Gasteiger partial charge is 0.461 e. The highest BCUT2D eigenvalue weighted by Gasteiger charge is 2.50. The van der Waals surface area contributed by atoms with Crippen LogP contribution in [0.15, 0.2) is 18.6 Å². The molecule has 0 saturated carbocycles. The lowest BCUT2D eigenvalue weighted by Gasteiger charge is -2.37. The molecule has 0 aliphatic carbocycles. The molecule has 5 heterocycles. The molecule has 3 fully saturated rings. The maximum Gasteiger partial charge on any atom is 0.312 e. The van der Waals surface area contributed by atoms with Gasteiger partial charge in [-0.2, -0.15) is 0 Å². The Labute approximate surface area is 163 Å². The van der Waals surface area contributed by atoms with E-state index in [4.69, 9.17) is 4.74 Å². The Bertz CT molecular complexity index is 852. The first-order chi connectivity index (χ1) is 13.6. The first-order valence-electron chi connectivity index (χ1n) is 10.3. The molecule has 0 amide bonds. The minimum Gasteiger partial charge on any atom is -0.461 e. The summed E-state index contributed by atoms with van der Waals surface area (Å²) in [6.45, 7) is 4.16. The second-order valence-electron chi connectivity index (χ2n) is 8.47. The van der Waals surface area contributed by atoms with Crippen LogP contribution in [-0.4, -0.2) is 75.9 Å². The zero-order valence-corrected chi connectivity index (χ0v) is 16.0. The minimum absolute atomic E-state index is 0.0234. The standard InChI is InChI=1S/C20H27N5O3/c26-14-2-7-24(8-3-14)12-15-11-20(19(27)28-15)4-9-25(10-5-20)18-16-1-6-21-17(16)22-13-23-18/h1,6,13-15,26H,2-5,7-12H2,(H,21,22,23). The topological polar surface area (TPSA) is 94.6 Å². The number of aromatic nitrogens is 3. The first kappa shape index (κ1) is 17.9. The number of carbonyl (C=O) groups is 1. The average molecular weight is 385 g/mol. The Kier molecular flexibility index (Phi) is 4.47. The van der Waals surface area contributed by atoms with Crippen molar-refractivity contribution in [2.24, 2.45) is 5.41 Å². The van der Waals surface area contributed by atoms with E-state index in [1.807, 2.05) is 12.3 Å². The molecule has 2 N–H and O–H groups in total. The van der Waals surface area contributed by atoms with E-state index in [2.05, 4.69) is 24.8 Å². The van der Waals surface area contributed by atoms with Gasteiger partial charge in [0.2, 0.25) is 0 Å². The Balaban J connectivity index is 1.23. The highest BCUT2D eigenvalue weighted by molar-refractivity contribution is 5.87. The van der Waals surface area contributed by atoms with E-state index in [0.29, 0.717) is 0 Å². The number of aliphatic hydroxyl groups excluding tert-OH is 1. The van der Waals surface area contributed by atoms with Crippen LogP contribution in [0.25, 0.3) is 11.0 Å². The second kappa shape index (κ2) is 7.00. The summed E-state index contributed by atoms with van der Waals surface area (Å²) in [6, 6.07) is 2.00. The van der Waals surface area contributed by atoms with E-state index in [9.17, 15) is 9.90 Å². The van der Waals surface area contributed by atoms with Crippen molar-refractivity contribution in [3.8, 4) is 0 Å². The third-order valence-electron chi connectivity index (χ3n) is 6.70. The fourth-order valence-electron chi connectivity index (χ4n) is 4.99. The van der Waals surface area contributed by atoms with Crippen LogP contribution in [0.5, 0.6) is 0 Å². The number of nitrogens with one attached hydrogen (secondary N) is 1. The van der Waals surface area contributed by atoms with Crippen LogP contribution in [0.1, 0.15) is 32.1 Å². The molecule has 28 heavy (non-hydrogen) atoms. The quantitative estimate of drug-likeness (QED) is 0.770. The van der Waals surface area contributed by atoms with E-state index in [1.54, 1.807) is 6.33 Å². The predicted molar refractivity (Wildman–Crippen MR) is 104 cm³/mol. The highest BCUT2D eigenvalue weighted by atomic mass is 16.6. The monoisotopic (exact) mass is 385 g/mol. The van der Waals surface area contributed by atoms with Gasteiger partial charge in [0.25, 0.3) is 0 Å². The molecule has 3 saturated heterocycles. The van der Waals surface area contributed by atoms with Crippen LogP contribution in [0.3, 0.4) is 0 Å². The summed E-state index contributed by atoms with van der Waals surface area (Å²) < 4.78 is 5.79. The molecule has 8 nitrogen and oxygen atoms in total. The first-order valence-corrected chi connectivity index (χ1v) is 10.3. The number of esters is 1. The molecule has 8 heteroatoms. The minimum atomic E-state index is -0.346. The molecular formula is C20H27N5O3. The molecule has 3 aliphatic heterocycles. The van der Waals surface area contributed by atoms with E-state index < -0.39 is 0 Å². The van der Waals surface area contributed by atoms with Crippen LogP contribution in [0.4, 0.5) is 5.82 Å². The number of H-pyrrole nitrogens is 1. The van der Waals surface area contributed by atoms with Gasteiger partial charge in [0.1, 0.15) is 23.9 Å². The molecule has 150 valence electrons. The summed E-state index contributed by atoms with van der Waals surface area (Å²) in [6.07, 6.45) is 7.31. The van der Waals surface area contributed by atoms with Crippen molar-refractivity contribution in [3.05, 3.63) is 18.6 Å². The third kappa shape index (κ3) is 3.14. The lowest BCUT2D eigenvalue weighted by Crippen LogP contribution is -2.43. The molecule has 1 spiro atoms. The van der Waals surface area contributed by atoms with Crippen LogP contribution in [0.2, 0.25) is 0 Å². The lowest BCUT2D eigenvalue weighted by atomic mass is 9.76. The summed E-state index contributed by atoms with van der Waals surface area (Å²) in [7, 11) is 0. The van der Waals surface area contributed by atoms with Crippen LogP contribution >= 0.6 is 0 Å². The van der Waals surface area contributed by atoms with Gasteiger partial charge in [0.15, 0.2) is 0 Å². The number of hydrogen-bond acceptors (Lipinski definition) is 7. The summed E-state index contributed by atoms with van der Waals surface area (Å²) in [5.74, 6) is 0.916. The number of carbonyl (C=O) groups excluding carboxylic acids is 1. The molecule has 0 bridgehead atoms. The molecule has 2 aromatic heterocycles. The number of nitrogens with zero attached hydrogens (tertiary/aromatic N) is 4. The van der Waals surface area contributed by atoms with Crippen molar-refractivity contribution in [2.45, 2.75) is 44.3 Å². The van der Waals surface area contributed by atoms with Crippen molar-refractivity contribution in [3.63, 3.8) is 0 Å². The number of ether oxygens (including phenoxy) is 1. The number of fused-ring (bicyclic) bond motifs is 1. The van der Waals surface area contributed by atoms with Crippen molar-refractivity contribution >= 4 is 22.8 Å².